The predicted octanol–water partition coefficient (Wildman–Crippen LogP) is 2.37. The maximum atomic E-state index is 9.52. The van der Waals surface area contributed by atoms with Gasteiger partial charge in [-0.2, -0.15) is 0 Å². The van der Waals surface area contributed by atoms with E-state index in [-0.39, 0.29) is 0 Å². The Hall–Kier alpha value is -0.0800. The normalized spacial score (nSPS) is 33.2. The summed E-state index contributed by atoms with van der Waals surface area (Å²) in [6.07, 6.45) is 4.44. The molecule has 0 amide bonds. The molecule has 0 heterocycles. The number of hydrogen-bond donors (Lipinski definition) is 1. The van der Waals surface area contributed by atoms with Crippen LogP contribution >= 0.6 is 15.9 Å². The molecule has 1 atom stereocenters. The summed E-state index contributed by atoms with van der Waals surface area (Å²) in [5, 5.41) is 9.52. The second-order valence-electron chi connectivity index (χ2n) is 3.00. The van der Waals surface area contributed by atoms with Gasteiger partial charge in [0.1, 0.15) is 0 Å². The van der Waals surface area contributed by atoms with Crippen molar-refractivity contribution in [2.75, 3.05) is 0 Å². The van der Waals surface area contributed by atoms with Crippen molar-refractivity contribution in [2.24, 2.45) is 0 Å². The van der Waals surface area contributed by atoms with Crippen LogP contribution in [-0.4, -0.2) is 10.7 Å². The van der Waals surface area contributed by atoms with Crippen LogP contribution in [0.15, 0.2) is 22.2 Å². The fourth-order valence-electron chi connectivity index (χ4n) is 1.08. The molecule has 2 heteroatoms. The first-order valence-corrected chi connectivity index (χ1v) is 4.07. The largest absolute Gasteiger partial charge is 0.386 e. The molecule has 1 aliphatic rings. The van der Waals surface area contributed by atoms with E-state index in [4.69, 9.17) is 0 Å². The Morgan fingerprint density at radius 2 is 2.30 bits per heavy atom. The summed E-state index contributed by atoms with van der Waals surface area (Å²) < 4.78 is 1.10. The summed E-state index contributed by atoms with van der Waals surface area (Å²) in [6.45, 7) is 3.83. The molecule has 1 nitrogen and oxygen atoms in total. The lowest BCUT2D eigenvalue weighted by molar-refractivity contribution is 0.111. The molecule has 0 saturated carbocycles. The molecule has 0 bridgehead atoms. The SMILES string of the molecule is CC1=C(Br)C=CC(C)(O)C1. The second kappa shape index (κ2) is 2.51. The molecular weight excluding hydrogens is 192 g/mol. The molecular formula is C8H11BrO. The summed E-state index contributed by atoms with van der Waals surface area (Å²) in [7, 11) is 0. The van der Waals surface area contributed by atoms with E-state index in [0.29, 0.717) is 0 Å². The molecule has 0 aromatic rings. The smallest absolute Gasteiger partial charge is 0.0840 e. The van der Waals surface area contributed by atoms with Gasteiger partial charge in [-0.15, -0.1) is 0 Å². The van der Waals surface area contributed by atoms with Crippen LogP contribution in [0.2, 0.25) is 0 Å². The van der Waals surface area contributed by atoms with Gasteiger partial charge >= 0.3 is 0 Å². The van der Waals surface area contributed by atoms with Gasteiger partial charge in [0.15, 0.2) is 0 Å². The summed E-state index contributed by atoms with van der Waals surface area (Å²) in [5.41, 5.74) is 0.564. The Morgan fingerprint density at radius 3 is 2.70 bits per heavy atom. The Bertz CT molecular complexity index is 201. The third-order valence-electron chi connectivity index (χ3n) is 1.62. The third kappa shape index (κ3) is 1.70. The van der Waals surface area contributed by atoms with Crippen LogP contribution in [0.5, 0.6) is 0 Å². The lowest BCUT2D eigenvalue weighted by Crippen LogP contribution is -2.23. The molecule has 1 unspecified atom stereocenters. The van der Waals surface area contributed by atoms with E-state index >= 15 is 0 Å². The number of aliphatic hydroxyl groups is 1. The van der Waals surface area contributed by atoms with Crippen molar-refractivity contribution in [3.63, 3.8) is 0 Å². The van der Waals surface area contributed by atoms with Crippen molar-refractivity contribution in [3.05, 3.63) is 22.2 Å². The van der Waals surface area contributed by atoms with Crippen LogP contribution in [0, 0.1) is 0 Å². The number of allylic oxidation sites excluding steroid dienone is 2. The fourth-order valence-corrected chi connectivity index (χ4v) is 1.35. The van der Waals surface area contributed by atoms with E-state index in [9.17, 15) is 5.11 Å². The van der Waals surface area contributed by atoms with Gasteiger partial charge in [-0.05, 0) is 19.9 Å². The van der Waals surface area contributed by atoms with Gasteiger partial charge in [0, 0.05) is 10.9 Å². The van der Waals surface area contributed by atoms with Gasteiger partial charge in [-0.3, -0.25) is 0 Å². The van der Waals surface area contributed by atoms with Crippen LogP contribution in [0.1, 0.15) is 20.3 Å². The number of hydrogen-bond acceptors (Lipinski definition) is 1. The van der Waals surface area contributed by atoms with Crippen LogP contribution in [-0.2, 0) is 0 Å². The van der Waals surface area contributed by atoms with Crippen molar-refractivity contribution in [2.45, 2.75) is 25.9 Å². The summed E-state index contributed by atoms with van der Waals surface area (Å²) in [6, 6.07) is 0. The molecule has 0 fully saturated rings. The average molecular weight is 203 g/mol. The van der Waals surface area contributed by atoms with Crippen LogP contribution in [0.4, 0.5) is 0 Å². The van der Waals surface area contributed by atoms with Crippen LogP contribution in [0.25, 0.3) is 0 Å². The minimum atomic E-state index is -0.638. The van der Waals surface area contributed by atoms with Gasteiger partial charge in [0.2, 0.25) is 0 Å². The van der Waals surface area contributed by atoms with E-state index in [0.717, 1.165) is 10.9 Å². The highest BCUT2D eigenvalue weighted by molar-refractivity contribution is 9.11. The Balaban J connectivity index is 2.85. The van der Waals surface area contributed by atoms with Crippen molar-refractivity contribution < 1.29 is 5.11 Å². The zero-order valence-electron chi connectivity index (χ0n) is 6.19. The molecule has 56 valence electrons. The Kier molecular flexibility index (Phi) is 2.02. The highest BCUT2D eigenvalue weighted by Crippen LogP contribution is 2.28. The summed E-state index contributed by atoms with van der Waals surface area (Å²) >= 11 is 3.39. The summed E-state index contributed by atoms with van der Waals surface area (Å²) in [4.78, 5) is 0. The van der Waals surface area contributed by atoms with Crippen molar-refractivity contribution in [3.8, 4) is 0 Å². The number of halogens is 1. The van der Waals surface area contributed by atoms with Gasteiger partial charge in [0.05, 0.1) is 5.60 Å². The van der Waals surface area contributed by atoms with Gasteiger partial charge in [-0.1, -0.05) is 27.6 Å². The molecule has 0 aromatic carbocycles. The number of rotatable bonds is 0. The van der Waals surface area contributed by atoms with E-state index in [1.54, 1.807) is 0 Å². The third-order valence-corrected chi connectivity index (χ3v) is 2.56. The highest BCUT2D eigenvalue weighted by Gasteiger charge is 2.20. The highest BCUT2D eigenvalue weighted by atomic mass is 79.9. The monoisotopic (exact) mass is 202 g/mol. The van der Waals surface area contributed by atoms with Crippen molar-refractivity contribution in [1.29, 1.82) is 0 Å². The molecule has 0 aliphatic heterocycles. The maximum Gasteiger partial charge on any atom is 0.0840 e. The van der Waals surface area contributed by atoms with E-state index < -0.39 is 5.60 Å². The summed E-state index contributed by atoms with van der Waals surface area (Å²) in [5.74, 6) is 0. The molecule has 0 saturated heterocycles. The van der Waals surface area contributed by atoms with Crippen LogP contribution in [0.3, 0.4) is 0 Å². The molecule has 0 aromatic heterocycles. The van der Waals surface area contributed by atoms with Crippen LogP contribution < -0.4 is 0 Å². The van der Waals surface area contributed by atoms with E-state index in [2.05, 4.69) is 15.9 Å². The first-order valence-electron chi connectivity index (χ1n) is 3.28. The minimum absolute atomic E-state index is 0.638. The second-order valence-corrected chi connectivity index (χ2v) is 3.85. The van der Waals surface area contributed by atoms with Crippen molar-refractivity contribution in [1.82, 2.24) is 0 Å². The standard InChI is InChI=1S/C8H11BrO/c1-6-5-8(2,10)4-3-7(6)9/h3-4,10H,5H2,1-2H3. The van der Waals surface area contributed by atoms with E-state index in [1.165, 1.54) is 5.57 Å². The van der Waals surface area contributed by atoms with Crippen molar-refractivity contribution >= 4 is 15.9 Å². The first kappa shape index (κ1) is 8.02. The lowest BCUT2D eigenvalue weighted by Gasteiger charge is -2.23. The molecule has 1 rings (SSSR count). The van der Waals surface area contributed by atoms with Gasteiger partial charge in [-0.25, -0.2) is 0 Å². The Labute approximate surface area is 69.6 Å². The average Bonchev–Trinajstić information content (AvgIpc) is 1.79. The molecule has 10 heavy (non-hydrogen) atoms. The fraction of sp³-hybridized carbons (Fsp3) is 0.500. The zero-order chi connectivity index (χ0) is 7.78. The quantitative estimate of drug-likeness (QED) is 0.640. The minimum Gasteiger partial charge on any atom is -0.386 e. The predicted molar refractivity (Wildman–Crippen MR) is 46.0 cm³/mol. The molecule has 0 spiro atoms. The maximum absolute atomic E-state index is 9.52. The van der Waals surface area contributed by atoms with Gasteiger partial charge in [0.25, 0.3) is 0 Å². The molecule has 0 radical (unpaired) electrons. The lowest BCUT2D eigenvalue weighted by atomic mass is 9.93. The zero-order valence-corrected chi connectivity index (χ0v) is 7.77. The molecule has 1 aliphatic carbocycles. The van der Waals surface area contributed by atoms with E-state index in [1.807, 2.05) is 26.0 Å². The molecule has 1 N–H and O–H groups in total. The topological polar surface area (TPSA) is 20.2 Å². The van der Waals surface area contributed by atoms with Gasteiger partial charge < -0.3 is 5.11 Å². The first-order chi connectivity index (χ1) is 4.51. The Morgan fingerprint density at radius 1 is 1.70 bits per heavy atom.